The maximum atomic E-state index is 12.8. The van der Waals surface area contributed by atoms with Crippen molar-refractivity contribution in [1.82, 2.24) is 10.3 Å². The molecular weight excluding hydrogens is 263 g/mol. The Kier molecular flexibility index (Phi) is 3.40. The lowest BCUT2D eigenvalue weighted by Gasteiger charge is -2.04. The first kappa shape index (κ1) is 12.4. The van der Waals surface area contributed by atoms with E-state index in [1.54, 1.807) is 5.38 Å². The molecule has 1 N–H and O–H groups in total. The van der Waals surface area contributed by atoms with Crippen molar-refractivity contribution < 1.29 is 9.18 Å². The summed E-state index contributed by atoms with van der Waals surface area (Å²) in [4.78, 5) is 16.6. The number of carbonyl (C=O) groups excluding carboxylic acids is 1. The number of nitrogens with one attached hydrogen (secondary N) is 1. The number of nitrogens with zero attached hydrogens (tertiary/aromatic N) is 1. The Hall–Kier alpha value is -1.59. The molecule has 3 nitrogen and oxygen atoms in total. The predicted octanol–water partition coefficient (Wildman–Crippen LogP) is 2.94. The van der Waals surface area contributed by atoms with Crippen LogP contribution in [0.1, 0.15) is 39.9 Å². The molecule has 0 amide bonds. The molecule has 0 unspecified atom stereocenters. The predicted molar refractivity (Wildman–Crippen MR) is 71.9 cm³/mol. The van der Waals surface area contributed by atoms with Crippen LogP contribution in [0.5, 0.6) is 0 Å². The number of ketones is 1. The van der Waals surface area contributed by atoms with E-state index in [9.17, 15) is 9.18 Å². The van der Waals surface area contributed by atoms with Gasteiger partial charge in [0, 0.05) is 10.9 Å². The average molecular weight is 276 g/mol. The topological polar surface area (TPSA) is 42.0 Å². The minimum absolute atomic E-state index is 0.152. The lowest BCUT2D eigenvalue weighted by molar-refractivity contribution is 0.103. The summed E-state index contributed by atoms with van der Waals surface area (Å²) in [7, 11) is 0. The Morgan fingerprint density at radius 3 is 2.84 bits per heavy atom. The molecule has 2 aromatic rings. The van der Waals surface area contributed by atoms with E-state index in [1.807, 2.05) is 0 Å². The number of carbonyl (C=O) groups is 1. The molecule has 0 spiro atoms. The number of hydrogen-bond acceptors (Lipinski definition) is 4. The van der Waals surface area contributed by atoms with Crippen LogP contribution in [0.2, 0.25) is 0 Å². The standard InChI is InChI=1S/C14H13FN2OS/c15-10-5-3-9(4-6-10)13(18)12-8-19-14(17-12)11-2-1-7-16-11/h3-6,8,11,16H,1-2,7H2/t11-/m1/s1. The molecule has 0 bridgehead atoms. The zero-order chi connectivity index (χ0) is 13.2. The van der Waals surface area contributed by atoms with Gasteiger partial charge in [0.2, 0.25) is 5.78 Å². The Bertz CT molecular complexity index is 588. The van der Waals surface area contributed by atoms with E-state index in [0.717, 1.165) is 24.4 Å². The second-order valence-corrected chi connectivity index (χ2v) is 5.45. The van der Waals surface area contributed by atoms with Crippen LogP contribution in [0.4, 0.5) is 4.39 Å². The lowest BCUT2D eigenvalue weighted by Crippen LogP contribution is -2.13. The van der Waals surface area contributed by atoms with Crippen molar-refractivity contribution in [2.75, 3.05) is 6.54 Å². The van der Waals surface area contributed by atoms with Gasteiger partial charge < -0.3 is 5.32 Å². The summed E-state index contributed by atoms with van der Waals surface area (Å²) in [6.07, 6.45) is 2.21. The van der Waals surface area contributed by atoms with Gasteiger partial charge >= 0.3 is 0 Å². The number of halogens is 1. The third-order valence-corrected chi connectivity index (χ3v) is 4.18. The molecular formula is C14H13FN2OS. The van der Waals surface area contributed by atoms with Gasteiger partial charge in [-0.1, -0.05) is 0 Å². The molecule has 19 heavy (non-hydrogen) atoms. The van der Waals surface area contributed by atoms with E-state index in [4.69, 9.17) is 0 Å². The van der Waals surface area contributed by atoms with Crippen LogP contribution >= 0.6 is 11.3 Å². The fraction of sp³-hybridized carbons (Fsp3) is 0.286. The average Bonchev–Trinajstić information content (AvgIpc) is 3.10. The summed E-state index contributed by atoms with van der Waals surface area (Å²) in [6.45, 7) is 1.01. The quantitative estimate of drug-likeness (QED) is 0.876. The van der Waals surface area contributed by atoms with Crippen LogP contribution in [-0.2, 0) is 0 Å². The molecule has 1 aliphatic rings. The second-order valence-electron chi connectivity index (χ2n) is 4.56. The third-order valence-electron chi connectivity index (χ3n) is 3.22. The van der Waals surface area contributed by atoms with Crippen molar-refractivity contribution in [3.05, 3.63) is 51.7 Å². The Morgan fingerprint density at radius 2 is 2.16 bits per heavy atom. The van der Waals surface area contributed by atoms with Crippen LogP contribution in [0, 0.1) is 5.82 Å². The van der Waals surface area contributed by atoms with Crippen molar-refractivity contribution in [3.8, 4) is 0 Å². The van der Waals surface area contributed by atoms with Crippen molar-refractivity contribution in [2.45, 2.75) is 18.9 Å². The molecule has 0 radical (unpaired) electrons. The van der Waals surface area contributed by atoms with E-state index in [0.29, 0.717) is 11.3 Å². The first-order valence-corrected chi connectivity index (χ1v) is 7.11. The lowest BCUT2D eigenvalue weighted by atomic mass is 10.1. The van der Waals surface area contributed by atoms with Crippen LogP contribution in [0.15, 0.2) is 29.6 Å². The van der Waals surface area contributed by atoms with Gasteiger partial charge in [-0.15, -0.1) is 11.3 Å². The van der Waals surface area contributed by atoms with Gasteiger partial charge in [-0.3, -0.25) is 4.79 Å². The molecule has 1 saturated heterocycles. The van der Waals surface area contributed by atoms with E-state index >= 15 is 0 Å². The molecule has 0 aliphatic carbocycles. The molecule has 5 heteroatoms. The van der Waals surface area contributed by atoms with Gasteiger partial charge in [-0.2, -0.15) is 0 Å². The molecule has 3 rings (SSSR count). The number of aromatic nitrogens is 1. The van der Waals surface area contributed by atoms with Gasteiger partial charge in [-0.05, 0) is 43.7 Å². The minimum atomic E-state index is -0.342. The van der Waals surface area contributed by atoms with E-state index < -0.39 is 0 Å². The molecule has 1 aromatic heterocycles. The highest BCUT2D eigenvalue weighted by Crippen LogP contribution is 2.26. The van der Waals surface area contributed by atoms with Gasteiger partial charge in [-0.25, -0.2) is 9.37 Å². The summed E-state index contributed by atoms with van der Waals surface area (Å²) in [5.41, 5.74) is 0.915. The minimum Gasteiger partial charge on any atom is -0.308 e. The summed E-state index contributed by atoms with van der Waals surface area (Å²) in [6, 6.07) is 5.84. The monoisotopic (exact) mass is 276 g/mol. The zero-order valence-corrected chi connectivity index (χ0v) is 11.0. The van der Waals surface area contributed by atoms with Crippen LogP contribution in [-0.4, -0.2) is 17.3 Å². The molecule has 1 atom stereocenters. The first-order valence-electron chi connectivity index (χ1n) is 6.23. The zero-order valence-electron chi connectivity index (χ0n) is 10.2. The number of rotatable bonds is 3. The fourth-order valence-corrected chi connectivity index (χ4v) is 3.11. The number of benzene rings is 1. The second kappa shape index (κ2) is 5.19. The van der Waals surface area contributed by atoms with Gasteiger partial charge in [0.1, 0.15) is 16.5 Å². The maximum absolute atomic E-state index is 12.8. The fourth-order valence-electron chi connectivity index (χ4n) is 2.20. The smallest absolute Gasteiger partial charge is 0.212 e. The highest BCUT2D eigenvalue weighted by molar-refractivity contribution is 7.10. The Labute approximate surface area is 114 Å². The first-order chi connectivity index (χ1) is 9.24. The highest BCUT2D eigenvalue weighted by atomic mass is 32.1. The SMILES string of the molecule is O=C(c1ccc(F)cc1)c1csc([C@H]2CCCN2)n1. The van der Waals surface area contributed by atoms with Crippen LogP contribution in [0.3, 0.4) is 0 Å². The van der Waals surface area contributed by atoms with Gasteiger partial charge in [0.15, 0.2) is 0 Å². The highest BCUT2D eigenvalue weighted by Gasteiger charge is 2.21. The summed E-state index contributed by atoms with van der Waals surface area (Å²) < 4.78 is 12.8. The Morgan fingerprint density at radius 1 is 1.37 bits per heavy atom. The van der Waals surface area contributed by atoms with Crippen molar-refractivity contribution >= 4 is 17.1 Å². The maximum Gasteiger partial charge on any atom is 0.212 e. The summed E-state index contributed by atoms with van der Waals surface area (Å²) in [5.74, 6) is -0.494. The van der Waals surface area contributed by atoms with Crippen molar-refractivity contribution in [3.63, 3.8) is 0 Å². The summed E-state index contributed by atoms with van der Waals surface area (Å²) in [5, 5.41) is 6.10. The summed E-state index contributed by atoms with van der Waals surface area (Å²) >= 11 is 1.50. The molecule has 1 aromatic carbocycles. The van der Waals surface area contributed by atoms with Crippen molar-refractivity contribution in [1.29, 1.82) is 0 Å². The van der Waals surface area contributed by atoms with Gasteiger partial charge in [0.25, 0.3) is 0 Å². The normalized spacial score (nSPS) is 18.7. The van der Waals surface area contributed by atoms with Crippen LogP contribution < -0.4 is 5.32 Å². The molecule has 1 aliphatic heterocycles. The van der Waals surface area contributed by atoms with Crippen LogP contribution in [0.25, 0.3) is 0 Å². The van der Waals surface area contributed by atoms with Crippen molar-refractivity contribution in [2.24, 2.45) is 0 Å². The molecule has 1 fully saturated rings. The Balaban J connectivity index is 1.82. The largest absolute Gasteiger partial charge is 0.308 e. The van der Waals surface area contributed by atoms with E-state index in [-0.39, 0.29) is 17.6 Å². The molecule has 2 heterocycles. The third kappa shape index (κ3) is 2.57. The molecule has 0 saturated carbocycles. The number of hydrogen-bond donors (Lipinski definition) is 1. The van der Waals surface area contributed by atoms with Gasteiger partial charge in [0.05, 0.1) is 6.04 Å². The molecule has 98 valence electrons. The van der Waals surface area contributed by atoms with E-state index in [1.165, 1.54) is 35.6 Å². The van der Waals surface area contributed by atoms with E-state index in [2.05, 4.69) is 10.3 Å². The number of thiazole rings is 1.